The second kappa shape index (κ2) is 7.50. The molecular formula is C18H18N4O2. The van der Waals surface area contributed by atoms with Crippen LogP contribution in [-0.4, -0.2) is 21.0 Å². The van der Waals surface area contributed by atoms with Crippen LogP contribution in [-0.2, 0) is 11.2 Å². The van der Waals surface area contributed by atoms with E-state index in [1.165, 1.54) is 0 Å². The fourth-order valence-electron chi connectivity index (χ4n) is 2.28. The molecule has 0 saturated carbocycles. The van der Waals surface area contributed by atoms with Crippen LogP contribution in [0.4, 0.5) is 5.82 Å². The van der Waals surface area contributed by atoms with Crippen molar-refractivity contribution in [1.82, 2.24) is 15.1 Å². The maximum Gasteiger partial charge on any atom is 0.226 e. The first-order valence-corrected chi connectivity index (χ1v) is 7.82. The highest BCUT2D eigenvalue weighted by molar-refractivity contribution is 5.89. The number of carbonyl (C=O) groups is 1. The van der Waals surface area contributed by atoms with Gasteiger partial charge in [0, 0.05) is 24.1 Å². The third-order valence-corrected chi connectivity index (χ3v) is 3.45. The number of benzene rings is 1. The Morgan fingerprint density at radius 3 is 2.71 bits per heavy atom. The number of nitrogens with zero attached hydrogens (tertiary/aromatic N) is 3. The van der Waals surface area contributed by atoms with Gasteiger partial charge in [-0.3, -0.25) is 4.79 Å². The van der Waals surface area contributed by atoms with Gasteiger partial charge in [0.2, 0.25) is 17.6 Å². The first-order valence-electron chi connectivity index (χ1n) is 7.82. The lowest BCUT2D eigenvalue weighted by molar-refractivity contribution is -0.116. The second-order valence-corrected chi connectivity index (χ2v) is 5.44. The number of hydrogen-bond donors (Lipinski definition) is 1. The van der Waals surface area contributed by atoms with Crippen molar-refractivity contribution in [3.8, 4) is 11.4 Å². The standard InChI is InChI=1S/C18H18N4O2/c1-13-7-5-10-15(19-13)20-16(23)11-6-12-17-21-18(22-24-17)14-8-3-2-4-9-14/h2-5,7-10H,6,11-12H2,1H3,(H,19,20,23). The number of nitrogens with one attached hydrogen (secondary N) is 1. The Kier molecular flexibility index (Phi) is 4.96. The molecule has 3 aromatic rings. The van der Waals surface area contributed by atoms with Gasteiger partial charge in [0.1, 0.15) is 5.82 Å². The maximum absolute atomic E-state index is 11.9. The smallest absolute Gasteiger partial charge is 0.226 e. The minimum absolute atomic E-state index is 0.0732. The van der Waals surface area contributed by atoms with Crippen LogP contribution >= 0.6 is 0 Å². The Hall–Kier alpha value is -3.02. The summed E-state index contributed by atoms with van der Waals surface area (Å²) in [6.07, 6.45) is 1.57. The van der Waals surface area contributed by atoms with Gasteiger partial charge in [-0.1, -0.05) is 41.6 Å². The molecule has 0 atom stereocenters. The number of carbonyl (C=O) groups excluding carboxylic acids is 1. The van der Waals surface area contributed by atoms with Gasteiger partial charge in [0.15, 0.2) is 0 Å². The number of pyridine rings is 1. The molecule has 0 unspecified atom stereocenters. The van der Waals surface area contributed by atoms with Crippen LogP contribution < -0.4 is 5.32 Å². The van der Waals surface area contributed by atoms with E-state index in [0.29, 0.717) is 36.8 Å². The highest BCUT2D eigenvalue weighted by Gasteiger charge is 2.09. The van der Waals surface area contributed by atoms with Gasteiger partial charge in [-0.25, -0.2) is 4.98 Å². The zero-order valence-electron chi connectivity index (χ0n) is 13.4. The molecule has 6 nitrogen and oxygen atoms in total. The minimum Gasteiger partial charge on any atom is -0.339 e. The van der Waals surface area contributed by atoms with Crippen LogP contribution in [0.5, 0.6) is 0 Å². The third kappa shape index (κ3) is 4.25. The predicted octanol–water partition coefficient (Wildman–Crippen LogP) is 3.40. The molecule has 24 heavy (non-hydrogen) atoms. The Bertz CT molecular complexity index is 815. The summed E-state index contributed by atoms with van der Waals surface area (Å²) in [6.45, 7) is 1.88. The van der Waals surface area contributed by atoms with Crippen molar-refractivity contribution in [3.05, 3.63) is 60.1 Å². The average molecular weight is 322 g/mol. The quantitative estimate of drug-likeness (QED) is 0.752. The number of amides is 1. The van der Waals surface area contributed by atoms with E-state index in [0.717, 1.165) is 11.3 Å². The molecule has 2 heterocycles. The topological polar surface area (TPSA) is 80.9 Å². The summed E-state index contributed by atoms with van der Waals surface area (Å²) in [4.78, 5) is 20.5. The van der Waals surface area contributed by atoms with E-state index in [-0.39, 0.29) is 5.91 Å². The van der Waals surface area contributed by atoms with Crippen molar-refractivity contribution in [3.63, 3.8) is 0 Å². The first kappa shape index (κ1) is 15.9. The Morgan fingerprint density at radius 2 is 1.92 bits per heavy atom. The molecule has 0 aliphatic carbocycles. The normalized spacial score (nSPS) is 10.5. The molecule has 0 aliphatic heterocycles. The van der Waals surface area contributed by atoms with E-state index >= 15 is 0 Å². The van der Waals surface area contributed by atoms with Gasteiger partial charge in [-0.15, -0.1) is 0 Å². The third-order valence-electron chi connectivity index (χ3n) is 3.45. The summed E-state index contributed by atoms with van der Waals surface area (Å²) in [6, 6.07) is 15.2. The SMILES string of the molecule is Cc1cccc(NC(=O)CCCc2nc(-c3ccccc3)no2)n1. The molecule has 0 spiro atoms. The molecule has 0 bridgehead atoms. The molecule has 3 rings (SSSR count). The molecule has 0 saturated heterocycles. The Balaban J connectivity index is 1.48. The fourth-order valence-corrected chi connectivity index (χ4v) is 2.28. The number of hydrogen-bond acceptors (Lipinski definition) is 5. The van der Waals surface area contributed by atoms with Gasteiger partial charge in [0.25, 0.3) is 0 Å². The molecule has 0 radical (unpaired) electrons. The summed E-state index contributed by atoms with van der Waals surface area (Å²) >= 11 is 0. The van der Waals surface area contributed by atoms with E-state index in [4.69, 9.17) is 4.52 Å². The summed E-state index contributed by atoms with van der Waals surface area (Å²) in [7, 11) is 0. The lowest BCUT2D eigenvalue weighted by Crippen LogP contribution is -2.12. The van der Waals surface area contributed by atoms with Gasteiger partial charge in [-0.05, 0) is 25.5 Å². The van der Waals surface area contributed by atoms with E-state index in [2.05, 4.69) is 20.4 Å². The van der Waals surface area contributed by atoms with Gasteiger partial charge >= 0.3 is 0 Å². The summed E-state index contributed by atoms with van der Waals surface area (Å²) in [5.41, 5.74) is 1.78. The summed E-state index contributed by atoms with van der Waals surface area (Å²) in [5.74, 6) is 1.61. The molecule has 1 N–H and O–H groups in total. The molecular weight excluding hydrogens is 304 g/mol. The van der Waals surface area contributed by atoms with E-state index in [1.807, 2.05) is 49.4 Å². The second-order valence-electron chi connectivity index (χ2n) is 5.44. The van der Waals surface area contributed by atoms with Crippen molar-refractivity contribution < 1.29 is 9.32 Å². The highest BCUT2D eigenvalue weighted by Crippen LogP contribution is 2.15. The van der Waals surface area contributed by atoms with E-state index in [9.17, 15) is 4.79 Å². The Labute approximate surface area is 139 Å². The lowest BCUT2D eigenvalue weighted by atomic mass is 10.2. The number of anilines is 1. The maximum atomic E-state index is 11.9. The minimum atomic E-state index is -0.0732. The van der Waals surface area contributed by atoms with Gasteiger partial charge < -0.3 is 9.84 Å². The molecule has 1 aromatic carbocycles. The predicted molar refractivity (Wildman–Crippen MR) is 90.3 cm³/mol. The number of aryl methyl sites for hydroxylation is 2. The largest absolute Gasteiger partial charge is 0.339 e. The monoisotopic (exact) mass is 322 g/mol. The molecule has 0 fully saturated rings. The lowest BCUT2D eigenvalue weighted by Gasteiger charge is -2.04. The van der Waals surface area contributed by atoms with Crippen LogP contribution in [0.25, 0.3) is 11.4 Å². The van der Waals surface area contributed by atoms with Crippen molar-refractivity contribution in [1.29, 1.82) is 0 Å². The van der Waals surface area contributed by atoms with Crippen molar-refractivity contribution >= 4 is 11.7 Å². The van der Waals surface area contributed by atoms with Crippen molar-refractivity contribution in [2.45, 2.75) is 26.2 Å². The Morgan fingerprint density at radius 1 is 1.08 bits per heavy atom. The van der Waals surface area contributed by atoms with Crippen molar-refractivity contribution in [2.75, 3.05) is 5.32 Å². The zero-order chi connectivity index (χ0) is 16.8. The fraction of sp³-hybridized carbons (Fsp3) is 0.222. The van der Waals surface area contributed by atoms with Crippen molar-refractivity contribution in [2.24, 2.45) is 0 Å². The van der Waals surface area contributed by atoms with Crippen LogP contribution in [0.2, 0.25) is 0 Å². The summed E-state index contributed by atoms with van der Waals surface area (Å²) in [5, 5.41) is 6.75. The molecule has 0 aliphatic rings. The first-order chi connectivity index (χ1) is 11.7. The molecule has 2 aromatic heterocycles. The number of aromatic nitrogens is 3. The zero-order valence-corrected chi connectivity index (χ0v) is 13.4. The highest BCUT2D eigenvalue weighted by atomic mass is 16.5. The summed E-state index contributed by atoms with van der Waals surface area (Å²) < 4.78 is 5.23. The number of rotatable bonds is 6. The molecule has 122 valence electrons. The van der Waals surface area contributed by atoms with Crippen LogP contribution in [0, 0.1) is 6.92 Å². The van der Waals surface area contributed by atoms with Crippen LogP contribution in [0.15, 0.2) is 53.1 Å². The van der Waals surface area contributed by atoms with E-state index in [1.54, 1.807) is 6.07 Å². The van der Waals surface area contributed by atoms with Gasteiger partial charge in [0.05, 0.1) is 0 Å². The molecule has 6 heteroatoms. The van der Waals surface area contributed by atoms with Crippen LogP contribution in [0.3, 0.4) is 0 Å². The van der Waals surface area contributed by atoms with Crippen LogP contribution in [0.1, 0.15) is 24.4 Å². The average Bonchev–Trinajstić information content (AvgIpc) is 3.04. The van der Waals surface area contributed by atoms with E-state index < -0.39 is 0 Å². The molecule has 1 amide bonds. The van der Waals surface area contributed by atoms with Gasteiger partial charge in [-0.2, -0.15) is 4.98 Å².